The summed E-state index contributed by atoms with van der Waals surface area (Å²) in [5.74, 6) is -0.0462. The van der Waals surface area contributed by atoms with Crippen LogP contribution in [0.15, 0.2) is 47.4 Å². The summed E-state index contributed by atoms with van der Waals surface area (Å²) in [6.45, 7) is 7.62. The highest BCUT2D eigenvalue weighted by Gasteiger charge is 2.22. The number of rotatable bonds is 6. The van der Waals surface area contributed by atoms with E-state index < -0.39 is 10.0 Å². The number of nitrogens with one attached hydrogen (secondary N) is 1. The van der Waals surface area contributed by atoms with Gasteiger partial charge in [0, 0.05) is 18.8 Å². The number of benzene rings is 2. The summed E-state index contributed by atoms with van der Waals surface area (Å²) >= 11 is 6.20. The van der Waals surface area contributed by atoms with E-state index in [1.165, 1.54) is 23.1 Å². The van der Waals surface area contributed by atoms with E-state index in [1.807, 2.05) is 24.3 Å². The second-order valence-electron chi connectivity index (χ2n) is 7.03. The van der Waals surface area contributed by atoms with Crippen molar-refractivity contribution < 1.29 is 13.2 Å². The number of carbonyl (C=O) groups is 1. The van der Waals surface area contributed by atoms with Crippen molar-refractivity contribution in [1.82, 2.24) is 4.72 Å². The third-order valence-corrected chi connectivity index (χ3v) is 6.08. The molecule has 5 nitrogen and oxygen atoms in total. The topological polar surface area (TPSA) is 66.5 Å². The predicted molar refractivity (Wildman–Crippen MR) is 110 cm³/mol. The van der Waals surface area contributed by atoms with Crippen LogP contribution in [0.25, 0.3) is 0 Å². The zero-order chi connectivity index (χ0) is 20.4. The van der Waals surface area contributed by atoms with Gasteiger partial charge < -0.3 is 4.90 Å². The second-order valence-corrected chi connectivity index (χ2v) is 9.15. The quantitative estimate of drug-likeness (QED) is 0.768. The Kier molecular flexibility index (Phi) is 6.68. The van der Waals surface area contributed by atoms with Gasteiger partial charge in [0.25, 0.3) is 5.91 Å². The zero-order valence-electron chi connectivity index (χ0n) is 16.2. The van der Waals surface area contributed by atoms with E-state index in [4.69, 9.17) is 11.6 Å². The molecule has 0 aromatic heterocycles. The van der Waals surface area contributed by atoms with Crippen LogP contribution in [0.5, 0.6) is 0 Å². The molecule has 0 radical (unpaired) electrons. The summed E-state index contributed by atoms with van der Waals surface area (Å²) < 4.78 is 27.3. The van der Waals surface area contributed by atoms with Gasteiger partial charge in [-0.25, -0.2) is 13.1 Å². The van der Waals surface area contributed by atoms with Crippen LogP contribution < -0.4 is 9.62 Å². The average molecular weight is 409 g/mol. The average Bonchev–Trinajstić information content (AvgIpc) is 2.59. The Morgan fingerprint density at radius 2 is 1.74 bits per heavy atom. The molecule has 7 heteroatoms. The van der Waals surface area contributed by atoms with E-state index in [0.717, 1.165) is 11.3 Å². The molecule has 27 heavy (non-hydrogen) atoms. The number of anilines is 1. The molecular weight excluding hydrogens is 384 g/mol. The molecule has 0 spiro atoms. The number of halogens is 1. The maximum Gasteiger partial charge on any atom is 0.259 e. The Hall–Kier alpha value is -1.89. The Labute approximate surface area is 166 Å². The van der Waals surface area contributed by atoms with Crippen LogP contribution in [0.2, 0.25) is 5.02 Å². The molecule has 146 valence electrons. The van der Waals surface area contributed by atoms with Crippen LogP contribution in [0.4, 0.5) is 5.69 Å². The summed E-state index contributed by atoms with van der Waals surface area (Å²) in [4.78, 5) is 14.5. The molecule has 0 saturated carbocycles. The maximum absolute atomic E-state index is 13.0. The fourth-order valence-electron chi connectivity index (χ4n) is 2.60. The van der Waals surface area contributed by atoms with Gasteiger partial charge in [-0.15, -0.1) is 0 Å². The first kappa shape index (κ1) is 21.4. The molecule has 2 aromatic rings. The van der Waals surface area contributed by atoms with Crippen molar-refractivity contribution in [1.29, 1.82) is 0 Å². The largest absolute Gasteiger partial charge is 0.311 e. The minimum absolute atomic E-state index is 0.00767. The lowest BCUT2D eigenvalue weighted by Crippen LogP contribution is -2.31. The Morgan fingerprint density at radius 1 is 1.07 bits per heavy atom. The summed E-state index contributed by atoms with van der Waals surface area (Å²) in [5.41, 5.74) is 1.97. The van der Waals surface area contributed by atoms with E-state index in [0.29, 0.717) is 5.92 Å². The molecular formula is C20H25ClN2O3S. The number of hydrogen-bond acceptors (Lipinski definition) is 3. The highest BCUT2D eigenvalue weighted by atomic mass is 35.5. The molecule has 0 bridgehead atoms. The van der Waals surface area contributed by atoms with E-state index >= 15 is 0 Å². The fraction of sp³-hybridized carbons (Fsp3) is 0.350. The molecule has 1 N–H and O–H groups in total. The molecule has 0 unspecified atom stereocenters. The Bertz CT molecular complexity index is 940. The zero-order valence-corrected chi connectivity index (χ0v) is 17.7. The minimum atomic E-state index is -3.72. The molecule has 2 aromatic carbocycles. The third-order valence-electron chi connectivity index (χ3n) is 4.10. The van der Waals surface area contributed by atoms with E-state index in [-0.39, 0.29) is 27.4 Å². The summed E-state index contributed by atoms with van der Waals surface area (Å²) in [5, 5.41) is 0.204. The van der Waals surface area contributed by atoms with Crippen molar-refractivity contribution in [3.8, 4) is 0 Å². The molecule has 0 saturated heterocycles. The van der Waals surface area contributed by atoms with E-state index in [9.17, 15) is 13.2 Å². The van der Waals surface area contributed by atoms with Crippen molar-refractivity contribution in [2.75, 3.05) is 11.9 Å². The van der Waals surface area contributed by atoms with Gasteiger partial charge in [-0.1, -0.05) is 37.6 Å². The monoisotopic (exact) mass is 408 g/mol. The predicted octanol–water partition coefficient (Wildman–Crippen LogP) is 4.43. The van der Waals surface area contributed by atoms with Crippen LogP contribution in [-0.2, 0) is 10.0 Å². The van der Waals surface area contributed by atoms with Gasteiger partial charge in [-0.05, 0) is 55.7 Å². The van der Waals surface area contributed by atoms with Crippen molar-refractivity contribution in [3.05, 3.63) is 58.6 Å². The van der Waals surface area contributed by atoms with Gasteiger partial charge in [0.2, 0.25) is 10.0 Å². The summed E-state index contributed by atoms with van der Waals surface area (Å²) in [7, 11) is -2.08. The normalized spacial score (nSPS) is 11.9. The lowest BCUT2D eigenvalue weighted by molar-refractivity contribution is 0.0993. The van der Waals surface area contributed by atoms with E-state index in [2.05, 4.69) is 18.6 Å². The van der Waals surface area contributed by atoms with Crippen molar-refractivity contribution >= 4 is 33.2 Å². The van der Waals surface area contributed by atoms with Crippen molar-refractivity contribution in [2.45, 2.75) is 44.6 Å². The number of carbonyl (C=O) groups excluding carboxylic acids is 1. The number of amides is 1. The first-order chi connectivity index (χ1) is 12.5. The summed E-state index contributed by atoms with van der Waals surface area (Å²) in [6, 6.07) is 11.6. The highest BCUT2D eigenvalue weighted by Crippen LogP contribution is 2.26. The fourth-order valence-corrected chi connectivity index (χ4v) is 4.08. The molecule has 0 aliphatic heterocycles. The molecule has 0 aliphatic carbocycles. The Balaban J connectivity index is 2.41. The number of sulfonamides is 1. The van der Waals surface area contributed by atoms with Gasteiger partial charge in [0.1, 0.15) is 0 Å². The van der Waals surface area contributed by atoms with Crippen LogP contribution >= 0.6 is 11.6 Å². The van der Waals surface area contributed by atoms with E-state index in [1.54, 1.807) is 20.9 Å². The molecule has 0 fully saturated rings. The molecule has 0 aliphatic rings. The summed E-state index contributed by atoms with van der Waals surface area (Å²) in [6.07, 6.45) is 0. The maximum atomic E-state index is 13.0. The second kappa shape index (κ2) is 8.42. The minimum Gasteiger partial charge on any atom is -0.311 e. The van der Waals surface area contributed by atoms with Crippen LogP contribution in [0.3, 0.4) is 0 Å². The van der Waals surface area contributed by atoms with Gasteiger partial charge in [-0.3, -0.25) is 4.79 Å². The molecule has 0 atom stereocenters. The van der Waals surface area contributed by atoms with Gasteiger partial charge in [0.05, 0.1) is 15.5 Å². The van der Waals surface area contributed by atoms with Gasteiger partial charge in [-0.2, -0.15) is 0 Å². The smallest absolute Gasteiger partial charge is 0.259 e. The Morgan fingerprint density at radius 3 is 2.33 bits per heavy atom. The van der Waals surface area contributed by atoms with Gasteiger partial charge in [0.15, 0.2) is 0 Å². The third kappa shape index (κ3) is 5.09. The number of nitrogens with zero attached hydrogens (tertiary/aromatic N) is 1. The SMILES string of the molecule is CC(C)NS(=O)(=O)c1ccc(Cl)c(C(=O)N(C)c2cccc(C(C)C)c2)c1. The van der Waals surface area contributed by atoms with Crippen LogP contribution in [0.1, 0.15) is 49.5 Å². The first-order valence-electron chi connectivity index (χ1n) is 8.73. The highest BCUT2D eigenvalue weighted by molar-refractivity contribution is 7.89. The number of hydrogen-bond donors (Lipinski definition) is 1. The standard InChI is InChI=1S/C20H25ClN2O3S/c1-13(2)15-7-6-8-16(11-15)23(5)20(24)18-12-17(9-10-19(18)21)27(25,26)22-14(3)4/h6-14,22H,1-5H3. The van der Waals surface area contributed by atoms with Gasteiger partial charge >= 0.3 is 0 Å². The first-order valence-corrected chi connectivity index (χ1v) is 10.6. The van der Waals surface area contributed by atoms with Crippen molar-refractivity contribution in [3.63, 3.8) is 0 Å². The lowest BCUT2D eigenvalue weighted by atomic mass is 10.0. The van der Waals surface area contributed by atoms with Crippen LogP contribution in [0, 0.1) is 0 Å². The molecule has 1 amide bonds. The molecule has 0 heterocycles. The van der Waals surface area contributed by atoms with Crippen LogP contribution in [-0.4, -0.2) is 27.4 Å². The molecule has 2 rings (SSSR count). The lowest BCUT2D eigenvalue weighted by Gasteiger charge is -2.20. The van der Waals surface area contributed by atoms with Crippen molar-refractivity contribution in [2.24, 2.45) is 0 Å².